The van der Waals surface area contributed by atoms with Crippen LogP contribution in [0.15, 0.2) is 36.9 Å². The second-order valence-electron chi connectivity index (χ2n) is 6.01. The molecule has 1 aromatic carbocycles. The summed E-state index contributed by atoms with van der Waals surface area (Å²) in [7, 11) is 1.96. The van der Waals surface area contributed by atoms with Gasteiger partial charge in [0.25, 0.3) is 0 Å². The van der Waals surface area contributed by atoms with Crippen LogP contribution in [0.2, 0.25) is 5.02 Å². The van der Waals surface area contributed by atoms with Crippen LogP contribution >= 0.6 is 11.6 Å². The minimum atomic E-state index is -0.0487. The van der Waals surface area contributed by atoms with Crippen molar-refractivity contribution in [3.63, 3.8) is 0 Å². The van der Waals surface area contributed by atoms with Gasteiger partial charge in [-0.3, -0.25) is 4.68 Å². The van der Waals surface area contributed by atoms with E-state index in [0.717, 1.165) is 29.5 Å². The van der Waals surface area contributed by atoms with Crippen LogP contribution in [0.4, 0.5) is 0 Å². The van der Waals surface area contributed by atoms with E-state index in [1.807, 2.05) is 23.9 Å². The Kier molecular flexibility index (Phi) is 3.41. The molecule has 118 valence electrons. The SMILES string of the molecule is Cn1nc(Cn2cncn2)nc1C1(c2ccc(Cl)cc2)CCC1. The van der Waals surface area contributed by atoms with Crippen molar-refractivity contribution in [1.82, 2.24) is 29.5 Å². The lowest BCUT2D eigenvalue weighted by molar-refractivity contribution is 0.276. The molecule has 2 aromatic heterocycles. The molecule has 0 amide bonds. The van der Waals surface area contributed by atoms with Gasteiger partial charge in [0.15, 0.2) is 5.82 Å². The minimum absolute atomic E-state index is 0.0487. The summed E-state index contributed by atoms with van der Waals surface area (Å²) in [6.07, 6.45) is 6.57. The standard InChI is InChI=1S/C16H17ClN6/c1-22-15(20-14(21-22)9-23-11-18-10-19-23)16(7-2-8-16)12-3-5-13(17)6-4-12/h3-6,10-11H,2,7-9H2,1H3. The number of nitrogens with zero attached hydrogens (tertiary/aromatic N) is 6. The van der Waals surface area contributed by atoms with E-state index < -0.39 is 0 Å². The average Bonchev–Trinajstić information content (AvgIpc) is 3.11. The molecule has 0 atom stereocenters. The van der Waals surface area contributed by atoms with Gasteiger partial charge in [-0.1, -0.05) is 30.2 Å². The van der Waals surface area contributed by atoms with Crippen LogP contribution < -0.4 is 0 Å². The van der Waals surface area contributed by atoms with E-state index >= 15 is 0 Å². The molecule has 2 heterocycles. The third-order valence-electron chi connectivity index (χ3n) is 4.61. The maximum atomic E-state index is 6.04. The summed E-state index contributed by atoms with van der Waals surface area (Å²) in [6.45, 7) is 0.532. The lowest BCUT2D eigenvalue weighted by atomic mass is 9.64. The highest BCUT2D eigenvalue weighted by Crippen LogP contribution is 2.48. The number of hydrogen-bond donors (Lipinski definition) is 0. The van der Waals surface area contributed by atoms with E-state index in [1.165, 1.54) is 18.3 Å². The van der Waals surface area contributed by atoms with Gasteiger partial charge in [-0.25, -0.2) is 14.6 Å². The van der Waals surface area contributed by atoms with Crippen molar-refractivity contribution in [2.24, 2.45) is 7.05 Å². The fraction of sp³-hybridized carbons (Fsp3) is 0.375. The fourth-order valence-electron chi connectivity index (χ4n) is 3.32. The molecule has 0 radical (unpaired) electrons. The summed E-state index contributed by atoms with van der Waals surface area (Å²) >= 11 is 6.04. The Hall–Kier alpha value is -2.21. The third kappa shape index (κ3) is 2.43. The molecule has 1 saturated carbocycles. The number of aryl methyl sites for hydroxylation is 1. The maximum Gasteiger partial charge on any atom is 0.172 e. The van der Waals surface area contributed by atoms with Gasteiger partial charge in [-0.05, 0) is 30.5 Å². The van der Waals surface area contributed by atoms with Crippen LogP contribution in [0.1, 0.15) is 36.5 Å². The van der Waals surface area contributed by atoms with Crippen LogP contribution in [0.5, 0.6) is 0 Å². The Bertz CT molecular complexity index is 802. The van der Waals surface area contributed by atoms with Crippen LogP contribution in [-0.2, 0) is 19.0 Å². The molecule has 0 aliphatic heterocycles. The predicted octanol–water partition coefficient (Wildman–Crippen LogP) is 2.58. The van der Waals surface area contributed by atoms with Gasteiger partial charge in [-0.2, -0.15) is 10.2 Å². The first-order valence-corrected chi connectivity index (χ1v) is 8.04. The highest BCUT2D eigenvalue weighted by atomic mass is 35.5. The summed E-state index contributed by atoms with van der Waals surface area (Å²) in [5, 5.41) is 9.44. The molecule has 6 nitrogen and oxygen atoms in total. The van der Waals surface area contributed by atoms with Crippen molar-refractivity contribution in [3.05, 3.63) is 59.2 Å². The number of aromatic nitrogens is 6. The number of halogens is 1. The Morgan fingerprint density at radius 3 is 2.61 bits per heavy atom. The van der Waals surface area contributed by atoms with Crippen LogP contribution in [0.25, 0.3) is 0 Å². The van der Waals surface area contributed by atoms with Gasteiger partial charge < -0.3 is 0 Å². The molecular weight excluding hydrogens is 312 g/mol. The molecule has 0 unspecified atom stereocenters. The zero-order valence-corrected chi connectivity index (χ0v) is 13.6. The summed E-state index contributed by atoms with van der Waals surface area (Å²) in [4.78, 5) is 8.76. The number of rotatable bonds is 4. The monoisotopic (exact) mass is 328 g/mol. The summed E-state index contributed by atoms with van der Waals surface area (Å²) in [5.74, 6) is 1.77. The molecule has 23 heavy (non-hydrogen) atoms. The lowest BCUT2D eigenvalue weighted by Gasteiger charge is -2.41. The summed E-state index contributed by atoms with van der Waals surface area (Å²) in [5.41, 5.74) is 1.21. The zero-order chi connectivity index (χ0) is 15.9. The molecule has 0 saturated heterocycles. The molecule has 1 aliphatic carbocycles. The third-order valence-corrected chi connectivity index (χ3v) is 4.86. The molecule has 4 rings (SSSR count). The van der Waals surface area contributed by atoms with Crippen LogP contribution in [-0.4, -0.2) is 29.5 Å². The van der Waals surface area contributed by atoms with Gasteiger partial charge in [0, 0.05) is 12.1 Å². The van der Waals surface area contributed by atoms with E-state index in [1.54, 1.807) is 11.0 Å². The summed E-state index contributed by atoms with van der Waals surface area (Å²) < 4.78 is 3.63. The van der Waals surface area contributed by atoms with Gasteiger partial charge >= 0.3 is 0 Å². The van der Waals surface area contributed by atoms with E-state index in [9.17, 15) is 0 Å². The Balaban J connectivity index is 1.70. The van der Waals surface area contributed by atoms with Crippen molar-refractivity contribution in [3.8, 4) is 0 Å². The molecule has 7 heteroatoms. The Morgan fingerprint density at radius 2 is 2.00 bits per heavy atom. The second-order valence-corrected chi connectivity index (χ2v) is 6.45. The zero-order valence-electron chi connectivity index (χ0n) is 12.9. The van der Waals surface area contributed by atoms with Crippen LogP contribution in [0.3, 0.4) is 0 Å². The van der Waals surface area contributed by atoms with Gasteiger partial charge in [-0.15, -0.1) is 0 Å². The highest BCUT2D eigenvalue weighted by molar-refractivity contribution is 6.30. The molecule has 0 spiro atoms. The van der Waals surface area contributed by atoms with Gasteiger partial charge in [0.05, 0.1) is 5.41 Å². The minimum Gasteiger partial charge on any atom is -0.252 e. The first-order valence-electron chi connectivity index (χ1n) is 7.66. The topological polar surface area (TPSA) is 61.4 Å². The Labute approximate surface area is 139 Å². The molecular formula is C16H17ClN6. The second kappa shape index (κ2) is 5.45. The predicted molar refractivity (Wildman–Crippen MR) is 86.2 cm³/mol. The van der Waals surface area contributed by atoms with Crippen molar-refractivity contribution >= 4 is 11.6 Å². The van der Waals surface area contributed by atoms with Crippen LogP contribution in [0, 0.1) is 0 Å². The Morgan fingerprint density at radius 1 is 1.22 bits per heavy atom. The van der Waals surface area contributed by atoms with Crippen molar-refractivity contribution in [1.29, 1.82) is 0 Å². The first-order chi connectivity index (χ1) is 11.2. The average molecular weight is 329 g/mol. The van der Waals surface area contributed by atoms with Crippen molar-refractivity contribution in [2.45, 2.75) is 31.2 Å². The van der Waals surface area contributed by atoms with Crippen molar-refractivity contribution in [2.75, 3.05) is 0 Å². The molecule has 1 fully saturated rings. The van der Waals surface area contributed by atoms with E-state index in [4.69, 9.17) is 16.6 Å². The normalized spacial score (nSPS) is 16.3. The molecule has 3 aromatic rings. The quantitative estimate of drug-likeness (QED) is 0.738. The lowest BCUT2D eigenvalue weighted by Crippen LogP contribution is -2.38. The smallest absolute Gasteiger partial charge is 0.172 e. The highest BCUT2D eigenvalue weighted by Gasteiger charge is 2.44. The van der Waals surface area contributed by atoms with Gasteiger partial charge in [0.2, 0.25) is 0 Å². The van der Waals surface area contributed by atoms with Crippen molar-refractivity contribution < 1.29 is 0 Å². The summed E-state index contributed by atoms with van der Waals surface area (Å²) in [6, 6.07) is 8.10. The molecule has 0 N–H and O–H groups in total. The fourth-order valence-corrected chi connectivity index (χ4v) is 3.45. The maximum absolute atomic E-state index is 6.04. The molecule has 0 bridgehead atoms. The first kappa shape index (κ1) is 14.4. The van der Waals surface area contributed by atoms with E-state index in [2.05, 4.69) is 27.3 Å². The van der Waals surface area contributed by atoms with E-state index in [-0.39, 0.29) is 5.41 Å². The van der Waals surface area contributed by atoms with Gasteiger partial charge in [0.1, 0.15) is 25.0 Å². The van der Waals surface area contributed by atoms with E-state index in [0.29, 0.717) is 6.54 Å². The largest absolute Gasteiger partial charge is 0.252 e. The molecule has 1 aliphatic rings. The number of benzene rings is 1. The number of hydrogen-bond acceptors (Lipinski definition) is 4.